The Kier molecular flexibility index (Phi) is 22.7. The average molecular weight is 569 g/mol. The molecule has 3 unspecified atom stereocenters. The summed E-state index contributed by atoms with van der Waals surface area (Å²) in [7, 11) is 0. The van der Waals surface area contributed by atoms with Gasteiger partial charge in [-0.25, -0.2) is 14.4 Å². The van der Waals surface area contributed by atoms with Crippen molar-refractivity contribution in [3.63, 3.8) is 0 Å². The van der Waals surface area contributed by atoms with E-state index in [0.717, 1.165) is 12.8 Å². The van der Waals surface area contributed by atoms with Gasteiger partial charge >= 0.3 is 17.9 Å². The molecule has 0 aromatic heterocycles. The molecule has 234 valence electrons. The summed E-state index contributed by atoms with van der Waals surface area (Å²) in [6.07, 6.45) is 29.5. The van der Waals surface area contributed by atoms with Gasteiger partial charge in [0, 0.05) is 6.42 Å². The quantitative estimate of drug-likeness (QED) is 0.0495. The van der Waals surface area contributed by atoms with Crippen molar-refractivity contribution in [1.29, 1.82) is 0 Å². The summed E-state index contributed by atoms with van der Waals surface area (Å²) in [5.74, 6) is -3.55. The molecule has 7 heteroatoms. The van der Waals surface area contributed by atoms with Gasteiger partial charge in [-0.15, -0.1) is 0 Å². The van der Waals surface area contributed by atoms with Crippen LogP contribution in [0.4, 0.5) is 0 Å². The Hall–Kier alpha value is -1.89. The van der Waals surface area contributed by atoms with E-state index >= 15 is 0 Å². The molecule has 0 radical (unpaired) electrons. The molecule has 0 aliphatic heterocycles. The maximum Gasteiger partial charge on any atom is 0.362 e. The molecular weight excluding hydrogens is 506 g/mol. The summed E-state index contributed by atoms with van der Waals surface area (Å²) in [6.45, 7) is 6.68. The van der Waals surface area contributed by atoms with Crippen molar-refractivity contribution in [3.8, 4) is 0 Å². The van der Waals surface area contributed by atoms with Crippen LogP contribution in [0.1, 0.15) is 156 Å². The third kappa shape index (κ3) is 15.8. The minimum Gasteiger partial charge on any atom is -0.477 e. The van der Waals surface area contributed by atoms with Gasteiger partial charge in [0.2, 0.25) is 0 Å². The van der Waals surface area contributed by atoms with Crippen LogP contribution in [-0.4, -0.2) is 62.4 Å². The lowest BCUT2D eigenvalue weighted by Crippen LogP contribution is -2.70. The molecule has 0 heterocycles. The first kappa shape index (κ1) is 38.1. The third-order valence-electron chi connectivity index (χ3n) is 8.79. The molecule has 0 spiro atoms. The van der Waals surface area contributed by atoms with Crippen molar-refractivity contribution >= 4 is 17.9 Å². The fourth-order valence-corrected chi connectivity index (χ4v) is 5.91. The second-order valence-electron chi connectivity index (χ2n) is 11.8. The maximum atomic E-state index is 11.8. The van der Waals surface area contributed by atoms with Gasteiger partial charge in [-0.05, 0) is 40.0 Å². The van der Waals surface area contributed by atoms with E-state index < -0.39 is 40.5 Å². The van der Waals surface area contributed by atoms with Crippen LogP contribution < -0.4 is 0 Å². The highest BCUT2D eigenvalue weighted by Gasteiger charge is 2.52. The monoisotopic (exact) mass is 568 g/mol. The Bertz CT molecular complexity index is 657. The van der Waals surface area contributed by atoms with Crippen molar-refractivity contribution in [2.45, 2.75) is 174 Å². The normalized spacial score (nSPS) is 15.5. The molecule has 0 bridgehead atoms. The molecule has 0 aliphatic carbocycles. The molecular formula is C33H62NO6+. The number of aliphatic carboxylic acids is 3. The number of quaternary nitrogens is 1. The van der Waals surface area contributed by atoms with Crippen LogP contribution in [0.25, 0.3) is 0 Å². The van der Waals surface area contributed by atoms with Gasteiger partial charge in [0.25, 0.3) is 0 Å². The lowest BCUT2D eigenvalue weighted by molar-refractivity contribution is -0.968. The zero-order valence-corrected chi connectivity index (χ0v) is 26.2. The average Bonchev–Trinajstić information content (AvgIpc) is 2.92. The number of hydrogen-bond acceptors (Lipinski definition) is 3. The first-order valence-electron chi connectivity index (χ1n) is 16.3. The van der Waals surface area contributed by atoms with E-state index in [4.69, 9.17) is 0 Å². The predicted octanol–water partition coefficient (Wildman–Crippen LogP) is 8.60. The first-order chi connectivity index (χ1) is 19.1. The number of hydrogen-bond donors (Lipinski definition) is 3. The Morgan fingerprint density at radius 2 is 0.775 bits per heavy atom. The Labute approximate surface area is 245 Å². The third-order valence-corrected chi connectivity index (χ3v) is 8.79. The van der Waals surface area contributed by atoms with Crippen LogP contribution in [0.5, 0.6) is 0 Å². The van der Waals surface area contributed by atoms with Crippen molar-refractivity contribution < 1.29 is 34.2 Å². The minimum absolute atomic E-state index is 0.178. The first-order valence-corrected chi connectivity index (χ1v) is 16.3. The topological polar surface area (TPSA) is 112 Å². The van der Waals surface area contributed by atoms with Crippen LogP contribution >= 0.6 is 0 Å². The van der Waals surface area contributed by atoms with E-state index in [0.29, 0.717) is 12.8 Å². The molecule has 3 N–H and O–H groups in total. The second-order valence-corrected chi connectivity index (χ2v) is 11.8. The van der Waals surface area contributed by atoms with E-state index in [1.54, 1.807) is 0 Å². The summed E-state index contributed by atoms with van der Waals surface area (Å²) >= 11 is 0. The number of carboxylic acid groups (broad SMARTS) is 3. The Balaban J connectivity index is 4.03. The molecule has 0 fully saturated rings. The van der Waals surface area contributed by atoms with Crippen LogP contribution in [0.3, 0.4) is 0 Å². The van der Waals surface area contributed by atoms with Crippen molar-refractivity contribution in [1.82, 2.24) is 0 Å². The standard InChI is InChI=1S/C33H61NO6/c1-5-6-7-8-9-10-11-12-13-14-15-16-17-18-19-20-21-22-23-24-25-26-27-34(28(2)31(35)36,29(3)32(37)38)30(4)33(39)40/h23-24,28-30H,5-22,25-27H2,1-4H3,(H2-,35,36,37,38,39,40)/p+1/b24-23+. The maximum absolute atomic E-state index is 11.8. The number of allylic oxidation sites excluding steroid dienone is 2. The highest BCUT2D eigenvalue weighted by molar-refractivity contribution is 5.77. The number of rotatable bonds is 28. The zero-order chi connectivity index (χ0) is 30.2. The lowest BCUT2D eigenvalue weighted by atomic mass is 10.0. The molecule has 0 amide bonds. The lowest BCUT2D eigenvalue weighted by Gasteiger charge is -2.47. The Morgan fingerprint density at radius 1 is 0.500 bits per heavy atom. The van der Waals surface area contributed by atoms with Crippen LogP contribution in [0.2, 0.25) is 0 Å². The van der Waals surface area contributed by atoms with Crippen molar-refractivity contribution in [3.05, 3.63) is 12.2 Å². The van der Waals surface area contributed by atoms with Gasteiger partial charge in [0.15, 0.2) is 18.1 Å². The molecule has 40 heavy (non-hydrogen) atoms. The van der Waals surface area contributed by atoms with E-state index in [1.807, 2.05) is 0 Å². The van der Waals surface area contributed by atoms with Gasteiger partial charge in [-0.2, -0.15) is 0 Å². The SMILES string of the molecule is CCCCCCCCCCCCCCCCCCC/C=C/CCC[N+](C(C)C(=O)O)(C(C)C(=O)O)C(C)C(=O)O. The van der Waals surface area contributed by atoms with Gasteiger partial charge in [-0.1, -0.05) is 122 Å². The van der Waals surface area contributed by atoms with Gasteiger partial charge < -0.3 is 15.3 Å². The number of carboxylic acids is 3. The summed E-state index contributed by atoms with van der Waals surface area (Å²) in [6, 6.07) is -3.43. The fraction of sp³-hybridized carbons (Fsp3) is 0.848. The second kappa shape index (κ2) is 23.8. The number of unbranched alkanes of at least 4 members (excludes halogenated alkanes) is 18. The molecule has 0 aromatic carbocycles. The summed E-state index contributed by atoms with van der Waals surface area (Å²) in [5, 5.41) is 28.9. The zero-order valence-electron chi connectivity index (χ0n) is 26.2. The fourth-order valence-electron chi connectivity index (χ4n) is 5.91. The van der Waals surface area contributed by atoms with E-state index in [-0.39, 0.29) is 6.54 Å². The van der Waals surface area contributed by atoms with Crippen LogP contribution in [0.15, 0.2) is 12.2 Å². The molecule has 0 rings (SSSR count). The summed E-state index contributed by atoms with van der Waals surface area (Å²) in [4.78, 5) is 35.4. The predicted molar refractivity (Wildman–Crippen MR) is 164 cm³/mol. The van der Waals surface area contributed by atoms with Crippen LogP contribution in [0, 0.1) is 0 Å². The molecule has 3 atom stereocenters. The van der Waals surface area contributed by atoms with Crippen LogP contribution in [-0.2, 0) is 14.4 Å². The summed E-state index contributed by atoms with van der Waals surface area (Å²) < 4.78 is -0.507. The highest BCUT2D eigenvalue weighted by atomic mass is 16.4. The molecule has 7 nitrogen and oxygen atoms in total. The van der Waals surface area contributed by atoms with E-state index in [2.05, 4.69) is 19.1 Å². The van der Waals surface area contributed by atoms with Crippen molar-refractivity contribution in [2.24, 2.45) is 0 Å². The highest BCUT2D eigenvalue weighted by Crippen LogP contribution is 2.27. The van der Waals surface area contributed by atoms with E-state index in [9.17, 15) is 29.7 Å². The Morgan fingerprint density at radius 3 is 1.07 bits per heavy atom. The molecule has 0 saturated heterocycles. The minimum atomic E-state index is -1.18. The van der Waals surface area contributed by atoms with Gasteiger partial charge in [0.1, 0.15) is 0 Å². The van der Waals surface area contributed by atoms with Gasteiger partial charge in [0.05, 0.1) is 6.54 Å². The number of carbonyl (C=O) groups is 3. The molecule has 0 aromatic rings. The smallest absolute Gasteiger partial charge is 0.362 e. The molecule has 0 aliphatic rings. The van der Waals surface area contributed by atoms with Gasteiger partial charge in [-0.3, -0.25) is 4.48 Å². The summed E-state index contributed by atoms with van der Waals surface area (Å²) in [5.41, 5.74) is 0. The molecule has 0 saturated carbocycles. The largest absolute Gasteiger partial charge is 0.477 e. The van der Waals surface area contributed by atoms with Crippen molar-refractivity contribution in [2.75, 3.05) is 6.54 Å². The van der Waals surface area contributed by atoms with E-state index in [1.165, 1.54) is 124 Å². The number of nitrogens with zero attached hydrogens (tertiary/aromatic N) is 1.